The van der Waals surface area contributed by atoms with Crippen molar-refractivity contribution >= 4 is 34.7 Å². The molecule has 5 rings (SSSR count). The molecule has 0 radical (unpaired) electrons. The highest BCUT2D eigenvalue weighted by atomic mass is 32.1. The maximum Gasteiger partial charge on any atom is 0.223 e. The van der Waals surface area contributed by atoms with Gasteiger partial charge in [-0.15, -0.1) is 5.73 Å². The number of carbonyl (C=O) groups excluding carboxylic acids is 1. The quantitative estimate of drug-likeness (QED) is 0.385. The number of nitrogens with one attached hydrogen (secondary N) is 1. The normalized spacial score (nSPS) is 17.0. The van der Waals surface area contributed by atoms with Crippen LogP contribution in [0.4, 0.5) is 5.13 Å². The lowest BCUT2D eigenvalue weighted by atomic mass is 9.97. The second kappa shape index (κ2) is 9.96. The Bertz CT molecular complexity index is 1360. The molecule has 7 nitrogen and oxygen atoms in total. The second-order valence-electron chi connectivity index (χ2n) is 8.79. The van der Waals surface area contributed by atoms with Crippen molar-refractivity contribution in [2.24, 2.45) is 4.99 Å². The summed E-state index contributed by atoms with van der Waals surface area (Å²) in [6.07, 6.45) is 10.8. The van der Waals surface area contributed by atoms with Gasteiger partial charge in [0.1, 0.15) is 0 Å². The molecule has 8 heteroatoms. The Hall–Kier alpha value is -3.58. The molecule has 1 unspecified atom stereocenters. The molecule has 0 saturated carbocycles. The van der Waals surface area contributed by atoms with E-state index >= 15 is 0 Å². The molecule has 1 aliphatic heterocycles. The first-order chi connectivity index (χ1) is 17.0. The maximum absolute atomic E-state index is 11.6. The molecular weight excluding hydrogens is 456 g/mol. The molecule has 2 aliphatic rings. The highest BCUT2D eigenvalue weighted by Crippen LogP contribution is 2.42. The summed E-state index contributed by atoms with van der Waals surface area (Å²) in [6, 6.07) is 9.22. The van der Waals surface area contributed by atoms with Gasteiger partial charge in [0.25, 0.3) is 0 Å². The molecule has 1 saturated heterocycles. The van der Waals surface area contributed by atoms with Gasteiger partial charge in [0, 0.05) is 37.0 Å². The average molecular weight is 485 g/mol. The molecule has 0 bridgehead atoms. The van der Waals surface area contributed by atoms with Crippen molar-refractivity contribution in [1.29, 1.82) is 0 Å². The van der Waals surface area contributed by atoms with Gasteiger partial charge in [-0.25, -0.2) is 9.67 Å². The number of rotatable bonds is 6. The van der Waals surface area contributed by atoms with Crippen LogP contribution < -0.4 is 5.32 Å². The van der Waals surface area contributed by atoms with E-state index in [1.807, 2.05) is 10.8 Å². The fourth-order valence-corrected chi connectivity index (χ4v) is 5.96. The molecular formula is C27H28N6OS. The van der Waals surface area contributed by atoms with Crippen LogP contribution in [0.3, 0.4) is 0 Å². The van der Waals surface area contributed by atoms with Crippen LogP contribution in [0.2, 0.25) is 0 Å². The van der Waals surface area contributed by atoms with E-state index in [1.165, 1.54) is 42.9 Å². The summed E-state index contributed by atoms with van der Waals surface area (Å²) in [6.45, 7) is 6.23. The standard InChI is InChI=1S/C27H28N6OS/c1-4-28-16-6-5-8-22-21-14-15-23-26(35-27(30-23)29-18(2)34)25(21)33(31-22)20-12-10-19(11-13-20)24-9-7-17-32(24)3/h4,6,8,10-13,16,24H,1,7,9,14-15,17H2,2-3H3,(H,29,30,34)/b28-16-. The summed E-state index contributed by atoms with van der Waals surface area (Å²) in [4.78, 5) is 23.8. The van der Waals surface area contributed by atoms with E-state index < -0.39 is 0 Å². The third-order valence-corrected chi connectivity index (χ3v) is 7.47. The van der Waals surface area contributed by atoms with E-state index in [9.17, 15) is 4.79 Å². The third-order valence-electron chi connectivity index (χ3n) is 6.45. The van der Waals surface area contributed by atoms with Gasteiger partial charge in [0.15, 0.2) is 5.13 Å². The van der Waals surface area contributed by atoms with Crippen LogP contribution in [0.1, 0.15) is 48.3 Å². The number of amides is 1. The van der Waals surface area contributed by atoms with Gasteiger partial charge in [0.05, 0.1) is 27.6 Å². The van der Waals surface area contributed by atoms with Crippen molar-refractivity contribution in [1.82, 2.24) is 19.7 Å². The van der Waals surface area contributed by atoms with Crippen LogP contribution in [0, 0.1) is 0 Å². The van der Waals surface area contributed by atoms with Gasteiger partial charge < -0.3 is 5.32 Å². The average Bonchev–Trinajstić information content (AvgIpc) is 3.55. The van der Waals surface area contributed by atoms with Gasteiger partial charge in [-0.2, -0.15) is 5.10 Å². The number of anilines is 1. The molecule has 3 heterocycles. The lowest BCUT2D eigenvalue weighted by Crippen LogP contribution is -2.17. The number of hydrogen-bond acceptors (Lipinski definition) is 6. The van der Waals surface area contributed by atoms with Gasteiger partial charge in [-0.3, -0.25) is 14.7 Å². The Labute approximate surface area is 209 Å². The Morgan fingerprint density at radius 1 is 1.31 bits per heavy atom. The number of aliphatic imine (C=N–C) groups is 1. The van der Waals surface area contributed by atoms with Gasteiger partial charge in [-0.1, -0.05) is 30.0 Å². The van der Waals surface area contributed by atoms with Crippen LogP contribution in [-0.2, 0) is 17.6 Å². The highest BCUT2D eigenvalue weighted by molar-refractivity contribution is 7.19. The van der Waals surface area contributed by atoms with Crippen LogP contribution >= 0.6 is 11.3 Å². The Morgan fingerprint density at radius 3 is 2.86 bits per heavy atom. The second-order valence-corrected chi connectivity index (χ2v) is 9.79. The smallest absolute Gasteiger partial charge is 0.223 e. The van der Waals surface area contributed by atoms with E-state index in [0.29, 0.717) is 11.2 Å². The molecule has 1 N–H and O–H groups in total. The molecule has 3 aromatic rings. The minimum absolute atomic E-state index is 0.118. The fraction of sp³-hybridized carbons (Fsp3) is 0.296. The first-order valence-electron chi connectivity index (χ1n) is 11.8. The van der Waals surface area contributed by atoms with E-state index in [2.05, 4.69) is 63.8 Å². The number of nitrogens with zero attached hydrogens (tertiary/aromatic N) is 5. The minimum Gasteiger partial charge on any atom is -0.302 e. The highest BCUT2D eigenvalue weighted by Gasteiger charge is 2.29. The summed E-state index contributed by atoms with van der Waals surface area (Å²) in [5.74, 6) is -0.118. The van der Waals surface area contributed by atoms with Crippen LogP contribution in [0.25, 0.3) is 22.3 Å². The van der Waals surface area contributed by atoms with Crippen LogP contribution in [-0.4, -0.2) is 45.4 Å². The molecule has 0 spiro atoms. The summed E-state index contributed by atoms with van der Waals surface area (Å²) in [5.41, 5.74) is 9.59. The molecule has 178 valence electrons. The van der Waals surface area contributed by atoms with E-state index in [-0.39, 0.29) is 5.91 Å². The van der Waals surface area contributed by atoms with Crippen molar-refractivity contribution in [3.05, 3.63) is 71.4 Å². The molecule has 1 atom stereocenters. The van der Waals surface area contributed by atoms with Gasteiger partial charge >= 0.3 is 0 Å². The first-order valence-corrected chi connectivity index (χ1v) is 12.6. The number of aromatic nitrogens is 3. The molecule has 2 aromatic heterocycles. The van der Waals surface area contributed by atoms with Crippen molar-refractivity contribution < 1.29 is 4.79 Å². The molecule has 1 fully saturated rings. The van der Waals surface area contributed by atoms with Crippen LogP contribution in [0.5, 0.6) is 0 Å². The molecule has 35 heavy (non-hydrogen) atoms. The maximum atomic E-state index is 11.6. The number of thiazole rings is 1. The van der Waals surface area contributed by atoms with E-state index in [0.717, 1.165) is 52.6 Å². The van der Waals surface area contributed by atoms with Crippen molar-refractivity contribution in [3.8, 4) is 16.3 Å². The number of likely N-dealkylation sites (tertiary alicyclic amines) is 1. The van der Waals surface area contributed by atoms with E-state index in [1.54, 1.807) is 12.3 Å². The van der Waals surface area contributed by atoms with Crippen molar-refractivity contribution in [2.45, 2.75) is 38.6 Å². The number of carbonyl (C=O) groups is 1. The Morgan fingerprint density at radius 2 is 2.14 bits per heavy atom. The zero-order valence-electron chi connectivity index (χ0n) is 20.0. The first kappa shape index (κ1) is 23.2. The Kier molecular flexibility index (Phi) is 6.59. The summed E-state index contributed by atoms with van der Waals surface area (Å²) in [5, 5.41) is 8.45. The zero-order chi connectivity index (χ0) is 24.4. The summed E-state index contributed by atoms with van der Waals surface area (Å²) >= 11 is 1.50. The van der Waals surface area contributed by atoms with Crippen molar-refractivity contribution in [3.63, 3.8) is 0 Å². The molecule has 1 amide bonds. The third kappa shape index (κ3) is 4.68. The molecule has 1 aliphatic carbocycles. The molecule has 1 aromatic carbocycles. The lowest BCUT2D eigenvalue weighted by molar-refractivity contribution is -0.114. The number of hydrogen-bond donors (Lipinski definition) is 1. The summed E-state index contributed by atoms with van der Waals surface area (Å²) in [7, 11) is 2.19. The zero-order valence-corrected chi connectivity index (χ0v) is 20.8. The van der Waals surface area contributed by atoms with E-state index in [4.69, 9.17) is 5.10 Å². The fourth-order valence-electron chi connectivity index (χ4n) is 4.85. The SMILES string of the molecule is C=C/N=C\C=C=Cc1nn(-c2ccc(C3CCCN3C)cc2)c2c1CCc1nc(NC(C)=O)sc1-2. The van der Waals surface area contributed by atoms with Gasteiger partial charge in [0.2, 0.25) is 5.91 Å². The number of fused-ring (bicyclic) bond motifs is 3. The van der Waals surface area contributed by atoms with Crippen LogP contribution in [0.15, 0.2) is 53.8 Å². The predicted molar refractivity (Wildman–Crippen MR) is 142 cm³/mol. The number of allylic oxidation sites excluding steroid dienone is 1. The van der Waals surface area contributed by atoms with Gasteiger partial charge in [-0.05, 0) is 63.0 Å². The summed E-state index contributed by atoms with van der Waals surface area (Å²) < 4.78 is 2.01. The van der Waals surface area contributed by atoms with Crippen molar-refractivity contribution in [2.75, 3.05) is 18.9 Å². The predicted octanol–water partition coefficient (Wildman–Crippen LogP) is 5.20. The minimum atomic E-state index is -0.118. The monoisotopic (exact) mass is 484 g/mol. The topological polar surface area (TPSA) is 75.4 Å². The largest absolute Gasteiger partial charge is 0.302 e. The number of aryl methyl sites for hydroxylation is 1. The Balaban J connectivity index is 1.58. The number of benzene rings is 1. The lowest BCUT2D eigenvalue weighted by Gasteiger charge is -2.20.